The van der Waals surface area contributed by atoms with E-state index in [-0.39, 0.29) is 52.0 Å². The summed E-state index contributed by atoms with van der Waals surface area (Å²) in [6, 6.07) is 18.1. The van der Waals surface area contributed by atoms with Gasteiger partial charge in [-0.1, -0.05) is 54.8 Å². The number of allylic oxidation sites excluding steroid dienone is 1. The number of halogens is 3. The van der Waals surface area contributed by atoms with E-state index in [1.165, 1.54) is 22.9 Å². The average molecular weight is 877 g/mol. The number of hydrogen-bond donors (Lipinski definition) is 3. The standard InChI is InChI=1S/C44H48Cl2FN7O5S/c1-43(2)11-9-31(37(24-43)29-3-5-32(45)6-4-29)27-53-17-19-54(20-18-53)33-7-8-36(39(22-33)59-34-21-30-10-14-49-40(30)50-25-34)41(55)52-60(56,57)35-23-38(46)42(51-26-35)58-28-44(47)12-15-48-16-13-44/h3-8,10,14,21-23,25-26,48H,9,11-13,15-20,24,27-28H2,1-2H3,(H,49,50)(H,52,55). The third kappa shape index (κ3) is 9.74. The van der Waals surface area contributed by atoms with Gasteiger partial charge in [0.2, 0.25) is 5.88 Å². The highest BCUT2D eigenvalue weighted by atomic mass is 35.5. The number of carbonyl (C=O) groups is 1. The van der Waals surface area contributed by atoms with Gasteiger partial charge < -0.3 is 24.7 Å². The zero-order valence-corrected chi connectivity index (χ0v) is 35.9. The Morgan fingerprint density at radius 3 is 2.47 bits per heavy atom. The van der Waals surface area contributed by atoms with Crippen LogP contribution in [0.25, 0.3) is 16.6 Å². The molecule has 3 aliphatic rings. The third-order valence-electron chi connectivity index (χ3n) is 11.6. The molecule has 0 bridgehead atoms. The molecule has 1 aliphatic carbocycles. The number of amides is 1. The third-order valence-corrected chi connectivity index (χ3v) is 13.5. The van der Waals surface area contributed by atoms with E-state index in [1.807, 2.05) is 18.2 Å². The van der Waals surface area contributed by atoms with E-state index in [2.05, 4.69) is 60.8 Å². The molecule has 5 heterocycles. The monoisotopic (exact) mass is 875 g/mol. The molecule has 1 amide bonds. The Labute approximate surface area is 359 Å². The van der Waals surface area contributed by atoms with Gasteiger partial charge in [0.1, 0.15) is 39.3 Å². The van der Waals surface area contributed by atoms with Crippen molar-refractivity contribution in [3.05, 3.63) is 106 Å². The van der Waals surface area contributed by atoms with E-state index < -0.39 is 21.6 Å². The lowest BCUT2D eigenvalue weighted by molar-refractivity contribution is 0.0519. The summed E-state index contributed by atoms with van der Waals surface area (Å²) in [4.78, 5) is 29.7. The summed E-state index contributed by atoms with van der Waals surface area (Å²) in [7, 11) is -4.47. The van der Waals surface area contributed by atoms with Gasteiger partial charge in [0.15, 0.2) is 0 Å². The fourth-order valence-electron chi connectivity index (χ4n) is 8.09. The zero-order valence-electron chi connectivity index (χ0n) is 33.6. The van der Waals surface area contributed by atoms with Crippen molar-refractivity contribution in [2.24, 2.45) is 5.41 Å². The molecule has 5 aromatic rings. The number of fused-ring (bicyclic) bond motifs is 1. The van der Waals surface area contributed by atoms with Gasteiger partial charge in [-0.05, 0) is 104 Å². The maximum atomic E-state index is 15.1. The Morgan fingerprint density at radius 2 is 1.72 bits per heavy atom. The topological polar surface area (TPSA) is 142 Å². The van der Waals surface area contributed by atoms with Crippen molar-refractivity contribution in [3.8, 4) is 17.4 Å². The van der Waals surface area contributed by atoms with Crippen LogP contribution in [0, 0.1) is 5.41 Å². The second-order valence-electron chi connectivity index (χ2n) is 16.6. The highest BCUT2D eigenvalue weighted by molar-refractivity contribution is 7.90. The lowest BCUT2D eigenvalue weighted by Gasteiger charge is -2.39. The van der Waals surface area contributed by atoms with Crippen LogP contribution < -0.4 is 24.4 Å². The average Bonchev–Trinajstić information content (AvgIpc) is 3.70. The van der Waals surface area contributed by atoms with Crippen molar-refractivity contribution >= 4 is 61.4 Å². The Kier molecular flexibility index (Phi) is 12.1. The molecule has 16 heteroatoms. The van der Waals surface area contributed by atoms with Crippen molar-refractivity contribution in [3.63, 3.8) is 0 Å². The van der Waals surface area contributed by atoms with Gasteiger partial charge in [0, 0.05) is 61.1 Å². The molecule has 0 saturated carbocycles. The molecule has 8 rings (SSSR count). The largest absolute Gasteiger partial charge is 0.473 e. The predicted octanol–water partition coefficient (Wildman–Crippen LogP) is 8.43. The summed E-state index contributed by atoms with van der Waals surface area (Å²) in [6.45, 7) is 9.48. The number of piperidine rings is 1. The van der Waals surface area contributed by atoms with Gasteiger partial charge in [-0.15, -0.1) is 0 Å². The van der Waals surface area contributed by atoms with E-state index in [4.69, 9.17) is 32.7 Å². The van der Waals surface area contributed by atoms with Gasteiger partial charge in [-0.2, -0.15) is 0 Å². The highest BCUT2D eigenvalue weighted by Gasteiger charge is 2.34. The van der Waals surface area contributed by atoms with E-state index >= 15 is 4.39 Å². The first-order valence-electron chi connectivity index (χ1n) is 20.2. The summed E-state index contributed by atoms with van der Waals surface area (Å²) >= 11 is 12.6. The van der Waals surface area contributed by atoms with Crippen molar-refractivity contribution < 1.29 is 27.1 Å². The number of hydrogen-bond acceptors (Lipinski definition) is 10. The molecular weight excluding hydrogens is 828 g/mol. The van der Waals surface area contributed by atoms with Gasteiger partial charge in [0.05, 0.1) is 18.0 Å². The van der Waals surface area contributed by atoms with Crippen LogP contribution >= 0.6 is 23.2 Å². The lowest BCUT2D eigenvalue weighted by Crippen LogP contribution is -2.47. The van der Waals surface area contributed by atoms with E-state index in [9.17, 15) is 13.2 Å². The molecule has 60 heavy (non-hydrogen) atoms. The molecule has 316 valence electrons. The van der Waals surface area contributed by atoms with Gasteiger partial charge in [0.25, 0.3) is 15.9 Å². The molecule has 0 atom stereocenters. The molecule has 2 aliphatic heterocycles. The second-order valence-corrected chi connectivity index (χ2v) is 19.2. The number of benzene rings is 2. The number of ether oxygens (including phenoxy) is 2. The Bertz CT molecular complexity index is 2520. The Morgan fingerprint density at radius 1 is 0.950 bits per heavy atom. The fourth-order valence-corrected chi connectivity index (χ4v) is 9.44. The number of nitrogens with one attached hydrogen (secondary N) is 3. The SMILES string of the molecule is CC1(C)CCC(CN2CCN(c3ccc(C(=O)NS(=O)(=O)c4cnc(OCC5(F)CCNCC5)c(Cl)c4)c(Oc4cnc5[nH]ccc5c4)c3)CC2)=C(c2ccc(Cl)cc2)C1. The minimum Gasteiger partial charge on any atom is -0.473 e. The molecule has 0 radical (unpaired) electrons. The first-order chi connectivity index (χ1) is 28.7. The number of aromatic nitrogens is 3. The van der Waals surface area contributed by atoms with Gasteiger partial charge >= 0.3 is 0 Å². The summed E-state index contributed by atoms with van der Waals surface area (Å²) in [5.74, 6) is -0.498. The Balaban J connectivity index is 0.987. The maximum absolute atomic E-state index is 15.1. The number of alkyl halides is 1. The minimum absolute atomic E-state index is 0.00811. The van der Waals surface area contributed by atoms with Crippen LogP contribution in [0.15, 0.2) is 89.7 Å². The number of aromatic amines is 1. The highest BCUT2D eigenvalue weighted by Crippen LogP contribution is 2.43. The molecule has 2 aromatic carbocycles. The van der Waals surface area contributed by atoms with Crippen LogP contribution in [-0.4, -0.2) is 92.3 Å². The molecule has 0 spiro atoms. The number of pyridine rings is 2. The van der Waals surface area contributed by atoms with Crippen LogP contribution in [0.4, 0.5) is 10.1 Å². The van der Waals surface area contributed by atoms with Crippen LogP contribution in [0.5, 0.6) is 17.4 Å². The normalized spacial score (nSPS) is 18.4. The van der Waals surface area contributed by atoms with E-state index in [0.29, 0.717) is 24.5 Å². The van der Waals surface area contributed by atoms with Crippen molar-refractivity contribution in [1.29, 1.82) is 0 Å². The summed E-state index contributed by atoms with van der Waals surface area (Å²) in [5.41, 5.74) is 4.30. The number of piperazine rings is 1. The zero-order chi connectivity index (χ0) is 42.1. The number of H-pyrrole nitrogens is 1. The molecule has 2 fully saturated rings. The molecule has 3 N–H and O–H groups in total. The minimum atomic E-state index is -4.47. The van der Waals surface area contributed by atoms with Gasteiger partial charge in [-0.3, -0.25) is 9.69 Å². The number of anilines is 1. The summed E-state index contributed by atoms with van der Waals surface area (Å²) in [5, 5.41) is 4.50. The smallest absolute Gasteiger partial charge is 0.268 e. The van der Waals surface area contributed by atoms with Crippen LogP contribution in [0.1, 0.15) is 61.9 Å². The second kappa shape index (κ2) is 17.3. The lowest BCUT2D eigenvalue weighted by atomic mass is 9.72. The van der Waals surface area contributed by atoms with Gasteiger partial charge in [-0.25, -0.2) is 27.5 Å². The summed E-state index contributed by atoms with van der Waals surface area (Å²) in [6.07, 6.45) is 8.08. The van der Waals surface area contributed by atoms with Crippen LogP contribution in [-0.2, 0) is 10.0 Å². The number of sulfonamides is 1. The predicted molar refractivity (Wildman–Crippen MR) is 233 cm³/mol. The van der Waals surface area contributed by atoms with E-state index in [1.54, 1.807) is 30.5 Å². The van der Waals surface area contributed by atoms with Crippen LogP contribution in [0.3, 0.4) is 0 Å². The first-order valence-corrected chi connectivity index (χ1v) is 22.4. The maximum Gasteiger partial charge on any atom is 0.268 e. The first kappa shape index (κ1) is 42.0. The van der Waals surface area contributed by atoms with Crippen molar-refractivity contribution in [2.45, 2.75) is 56.5 Å². The molecule has 12 nitrogen and oxygen atoms in total. The van der Waals surface area contributed by atoms with E-state index in [0.717, 1.165) is 80.3 Å². The molecule has 0 unspecified atom stereocenters. The van der Waals surface area contributed by atoms with Crippen molar-refractivity contribution in [1.82, 2.24) is 29.9 Å². The molecular formula is C44H48Cl2FN7O5S. The van der Waals surface area contributed by atoms with Crippen molar-refractivity contribution in [2.75, 3.05) is 57.3 Å². The quantitative estimate of drug-likeness (QED) is 0.112. The number of nitrogens with zero attached hydrogens (tertiary/aromatic N) is 4. The number of carbonyl (C=O) groups excluding carboxylic acids is 1. The van der Waals surface area contributed by atoms with Crippen LogP contribution in [0.2, 0.25) is 10.0 Å². The molecule has 2 saturated heterocycles. The summed E-state index contributed by atoms with van der Waals surface area (Å²) < 4.78 is 56.2. The Hall–Kier alpha value is -4.73. The fraction of sp³-hybridized carbons (Fsp3) is 0.386. The number of rotatable bonds is 12. The molecule has 3 aromatic heterocycles.